The van der Waals surface area contributed by atoms with E-state index in [1.165, 1.54) is 5.56 Å². The average Bonchev–Trinajstić information content (AvgIpc) is 2.52. The molecule has 1 aromatic carbocycles. The highest BCUT2D eigenvalue weighted by Crippen LogP contribution is 2.39. The van der Waals surface area contributed by atoms with Gasteiger partial charge in [-0.3, -0.25) is 4.79 Å². The molecule has 3 nitrogen and oxygen atoms in total. The fourth-order valence-electron chi connectivity index (χ4n) is 3.03. The quantitative estimate of drug-likeness (QED) is 0.820. The van der Waals surface area contributed by atoms with Gasteiger partial charge < -0.3 is 5.32 Å². The first-order chi connectivity index (χ1) is 10.6. The lowest BCUT2D eigenvalue weighted by Gasteiger charge is -2.35. The van der Waals surface area contributed by atoms with Crippen molar-refractivity contribution in [3.8, 4) is 6.07 Å². The van der Waals surface area contributed by atoms with E-state index in [0.29, 0.717) is 11.5 Å². The van der Waals surface area contributed by atoms with E-state index in [0.717, 1.165) is 32.4 Å². The minimum atomic E-state index is -0.430. The summed E-state index contributed by atoms with van der Waals surface area (Å²) < 4.78 is 0. The summed E-state index contributed by atoms with van der Waals surface area (Å²) in [6.45, 7) is 5.79. The van der Waals surface area contributed by atoms with Gasteiger partial charge in [-0.25, -0.2) is 0 Å². The minimum Gasteiger partial charge on any atom is -0.316 e. The monoisotopic (exact) mass is 296 g/mol. The Morgan fingerprint density at radius 2 is 2.00 bits per heavy atom. The molecule has 1 aliphatic carbocycles. The van der Waals surface area contributed by atoms with Crippen molar-refractivity contribution in [2.75, 3.05) is 13.1 Å². The predicted molar refractivity (Wildman–Crippen MR) is 88.2 cm³/mol. The maximum Gasteiger partial charge on any atom is 0.178 e. The van der Waals surface area contributed by atoms with E-state index in [1.807, 2.05) is 32.1 Å². The van der Waals surface area contributed by atoms with Crippen molar-refractivity contribution in [3.05, 3.63) is 47.5 Å². The lowest BCUT2D eigenvalue weighted by Crippen LogP contribution is -2.38. The number of carbonyl (C=O) groups is 1. The normalized spacial score (nSPS) is 20.3. The van der Waals surface area contributed by atoms with E-state index in [9.17, 15) is 4.79 Å². The molecule has 22 heavy (non-hydrogen) atoms. The molecule has 0 unspecified atom stereocenters. The molecule has 0 saturated carbocycles. The van der Waals surface area contributed by atoms with Gasteiger partial charge in [0.25, 0.3) is 0 Å². The van der Waals surface area contributed by atoms with Crippen molar-refractivity contribution in [3.63, 3.8) is 0 Å². The Morgan fingerprint density at radius 1 is 1.27 bits per heavy atom. The Hall–Kier alpha value is -1.92. The van der Waals surface area contributed by atoms with Gasteiger partial charge in [0.1, 0.15) is 6.07 Å². The third kappa shape index (κ3) is 3.84. The maximum atomic E-state index is 12.3. The predicted octanol–water partition coefficient (Wildman–Crippen LogP) is 3.27. The third-order valence-electron chi connectivity index (χ3n) is 4.68. The molecule has 0 aliphatic heterocycles. The number of benzene rings is 1. The maximum absolute atomic E-state index is 12.3. The summed E-state index contributed by atoms with van der Waals surface area (Å²) in [4.78, 5) is 12.3. The zero-order valence-corrected chi connectivity index (χ0v) is 13.4. The van der Waals surface area contributed by atoms with Crippen LogP contribution in [0.25, 0.3) is 0 Å². The number of Topliss-reactive ketones (excluding diaryl/α,β-unsaturated/α-hetero) is 1. The van der Waals surface area contributed by atoms with Crippen LogP contribution in [-0.4, -0.2) is 18.9 Å². The van der Waals surface area contributed by atoms with Crippen molar-refractivity contribution in [2.45, 2.75) is 33.1 Å². The van der Waals surface area contributed by atoms with Gasteiger partial charge in [-0.1, -0.05) is 50.3 Å². The highest BCUT2D eigenvalue weighted by atomic mass is 16.1. The van der Waals surface area contributed by atoms with E-state index in [-0.39, 0.29) is 5.78 Å². The average molecular weight is 296 g/mol. The molecule has 1 aliphatic rings. The van der Waals surface area contributed by atoms with Gasteiger partial charge in [-0.05, 0) is 43.8 Å². The van der Waals surface area contributed by atoms with Crippen LogP contribution in [0.15, 0.2) is 42.0 Å². The van der Waals surface area contributed by atoms with Gasteiger partial charge in [0.2, 0.25) is 0 Å². The van der Waals surface area contributed by atoms with Crippen LogP contribution < -0.4 is 5.32 Å². The van der Waals surface area contributed by atoms with Gasteiger partial charge in [-0.2, -0.15) is 5.26 Å². The summed E-state index contributed by atoms with van der Waals surface area (Å²) >= 11 is 0. The summed E-state index contributed by atoms with van der Waals surface area (Å²) in [6, 6.07) is 12.4. The molecule has 2 rings (SSSR count). The number of carbonyl (C=O) groups excluding carboxylic acids is 1. The number of rotatable bonds is 6. The SMILES string of the molecule is CC1(C)C(=O)C(C#N)=CC[C@H]1CCNCCc1ccccc1. The van der Waals surface area contributed by atoms with Crippen LogP contribution in [-0.2, 0) is 11.2 Å². The summed E-state index contributed by atoms with van der Waals surface area (Å²) in [5.74, 6) is 0.303. The topological polar surface area (TPSA) is 52.9 Å². The van der Waals surface area contributed by atoms with Gasteiger partial charge >= 0.3 is 0 Å². The Morgan fingerprint density at radius 3 is 2.68 bits per heavy atom. The molecular weight excluding hydrogens is 272 g/mol. The molecule has 0 radical (unpaired) electrons. The van der Waals surface area contributed by atoms with E-state index >= 15 is 0 Å². The Balaban J connectivity index is 1.76. The van der Waals surface area contributed by atoms with Crippen molar-refractivity contribution < 1.29 is 4.79 Å². The molecule has 0 spiro atoms. The first kappa shape index (κ1) is 16.5. The highest BCUT2D eigenvalue weighted by Gasteiger charge is 2.40. The van der Waals surface area contributed by atoms with E-state index in [2.05, 4.69) is 29.6 Å². The zero-order chi connectivity index (χ0) is 16.0. The molecule has 116 valence electrons. The van der Waals surface area contributed by atoms with Crippen molar-refractivity contribution >= 4 is 5.78 Å². The lowest BCUT2D eigenvalue weighted by atomic mass is 9.67. The zero-order valence-electron chi connectivity index (χ0n) is 13.4. The van der Waals surface area contributed by atoms with E-state index in [4.69, 9.17) is 5.26 Å². The summed E-state index contributed by atoms with van der Waals surface area (Å²) in [5.41, 5.74) is 1.24. The number of nitrogens with zero attached hydrogens (tertiary/aromatic N) is 1. The van der Waals surface area contributed by atoms with Crippen LogP contribution >= 0.6 is 0 Å². The fourth-order valence-corrected chi connectivity index (χ4v) is 3.03. The lowest BCUT2D eigenvalue weighted by molar-refractivity contribution is -0.126. The molecule has 1 aromatic rings. The molecule has 1 N–H and O–H groups in total. The Bertz CT molecular complexity index is 581. The molecule has 0 heterocycles. The molecular formula is C19H24N2O. The first-order valence-corrected chi connectivity index (χ1v) is 7.95. The molecule has 0 bridgehead atoms. The first-order valence-electron chi connectivity index (χ1n) is 7.95. The Labute approximate surface area is 133 Å². The number of allylic oxidation sites excluding steroid dienone is 2. The summed E-state index contributed by atoms with van der Waals surface area (Å²) in [6.07, 6.45) is 4.61. The van der Waals surface area contributed by atoms with Crippen molar-refractivity contribution in [1.29, 1.82) is 5.26 Å². The van der Waals surface area contributed by atoms with Gasteiger partial charge in [0.05, 0.1) is 5.57 Å². The van der Waals surface area contributed by atoms with Crippen LogP contribution in [0, 0.1) is 22.7 Å². The smallest absolute Gasteiger partial charge is 0.178 e. The molecule has 1 atom stereocenters. The van der Waals surface area contributed by atoms with Crippen molar-refractivity contribution in [2.24, 2.45) is 11.3 Å². The van der Waals surface area contributed by atoms with Crippen LogP contribution in [0.4, 0.5) is 0 Å². The van der Waals surface area contributed by atoms with Gasteiger partial charge in [-0.15, -0.1) is 0 Å². The van der Waals surface area contributed by atoms with Gasteiger partial charge in [0.15, 0.2) is 5.78 Å². The third-order valence-corrected chi connectivity index (χ3v) is 4.68. The second kappa shape index (κ2) is 7.38. The minimum absolute atomic E-state index is 0.00413. The highest BCUT2D eigenvalue weighted by molar-refractivity contribution is 6.03. The summed E-state index contributed by atoms with van der Waals surface area (Å²) in [7, 11) is 0. The number of ketones is 1. The molecule has 0 aromatic heterocycles. The number of hydrogen-bond donors (Lipinski definition) is 1. The molecule has 3 heteroatoms. The van der Waals surface area contributed by atoms with E-state index in [1.54, 1.807) is 0 Å². The second-order valence-corrected chi connectivity index (χ2v) is 6.49. The van der Waals surface area contributed by atoms with Crippen LogP contribution in [0.2, 0.25) is 0 Å². The van der Waals surface area contributed by atoms with Crippen molar-refractivity contribution in [1.82, 2.24) is 5.32 Å². The molecule has 0 amide bonds. The number of nitriles is 1. The van der Waals surface area contributed by atoms with E-state index < -0.39 is 5.41 Å². The number of hydrogen-bond acceptors (Lipinski definition) is 3. The van der Waals surface area contributed by atoms with Crippen LogP contribution in [0.3, 0.4) is 0 Å². The second-order valence-electron chi connectivity index (χ2n) is 6.49. The number of nitrogens with one attached hydrogen (secondary N) is 1. The summed E-state index contributed by atoms with van der Waals surface area (Å²) in [5, 5.41) is 12.4. The van der Waals surface area contributed by atoms with Crippen LogP contribution in [0.5, 0.6) is 0 Å². The molecule has 0 saturated heterocycles. The standard InChI is InChI=1S/C19H24N2O/c1-19(2)17(9-8-16(14-20)18(19)22)11-13-21-12-10-15-6-4-3-5-7-15/h3-8,17,21H,9-13H2,1-2H3/t17-/m0/s1. The van der Waals surface area contributed by atoms with Gasteiger partial charge in [0, 0.05) is 5.41 Å². The van der Waals surface area contributed by atoms with Crippen LogP contribution in [0.1, 0.15) is 32.3 Å². The molecule has 0 fully saturated rings. The Kier molecular flexibility index (Phi) is 5.51. The largest absolute Gasteiger partial charge is 0.316 e. The fraction of sp³-hybridized carbons (Fsp3) is 0.474.